The highest BCUT2D eigenvalue weighted by Gasteiger charge is 2.31. The third-order valence-electron chi connectivity index (χ3n) is 6.61. The van der Waals surface area contributed by atoms with Crippen molar-refractivity contribution < 1.29 is 13.2 Å². The van der Waals surface area contributed by atoms with Crippen LogP contribution in [0.3, 0.4) is 0 Å². The van der Waals surface area contributed by atoms with Crippen LogP contribution in [0.4, 0.5) is 5.82 Å². The summed E-state index contributed by atoms with van der Waals surface area (Å²) in [6.07, 6.45) is 6.87. The number of aromatic nitrogens is 4. The Labute approximate surface area is 221 Å². The van der Waals surface area contributed by atoms with Crippen molar-refractivity contribution in [1.82, 2.24) is 23.8 Å². The SMILES string of the molecule is CC(C)CCS(=O)(=O)N1CCC(Nc2ncccc2-c2cnc3c(ccn3COCC[Si](C)(C)C)n2)C1. The molecule has 11 heteroatoms. The van der Waals surface area contributed by atoms with Crippen LogP contribution in [0.5, 0.6) is 0 Å². The Morgan fingerprint density at radius 2 is 2.03 bits per heavy atom. The molecule has 1 aliphatic heterocycles. The van der Waals surface area contributed by atoms with E-state index in [0.717, 1.165) is 41.5 Å². The highest BCUT2D eigenvalue weighted by Crippen LogP contribution is 2.28. The summed E-state index contributed by atoms with van der Waals surface area (Å²) in [6, 6.07) is 6.92. The Bertz CT molecular complexity index is 1310. The van der Waals surface area contributed by atoms with Crippen molar-refractivity contribution in [2.75, 3.05) is 30.8 Å². The molecule has 202 valence electrons. The predicted octanol–water partition coefficient (Wildman–Crippen LogP) is 4.67. The molecule has 0 aromatic carbocycles. The summed E-state index contributed by atoms with van der Waals surface area (Å²) >= 11 is 0. The number of nitrogens with one attached hydrogen (secondary N) is 1. The monoisotopic (exact) mass is 544 g/mol. The van der Waals surface area contributed by atoms with E-state index >= 15 is 0 Å². The van der Waals surface area contributed by atoms with E-state index in [2.05, 4.69) is 34.9 Å². The lowest BCUT2D eigenvalue weighted by Crippen LogP contribution is -2.33. The van der Waals surface area contributed by atoms with Crippen LogP contribution in [0.1, 0.15) is 26.7 Å². The highest BCUT2D eigenvalue weighted by atomic mass is 32.2. The van der Waals surface area contributed by atoms with E-state index in [1.807, 2.05) is 42.8 Å². The Hall–Kier alpha value is -2.34. The second-order valence-corrected chi connectivity index (χ2v) is 19.2. The summed E-state index contributed by atoms with van der Waals surface area (Å²) in [6.45, 7) is 13.3. The van der Waals surface area contributed by atoms with E-state index < -0.39 is 18.1 Å². The number of pyridine rings is 1. The van der Waals surface area contributed by atoms with Gasteiger partial charge in [0, 0.05) is 51.8 Å². The quantitative estimate of drug-likeness (QED) is 0.261. The Morgan fingerprint density at radius 1 is 1.22 bits per heavy atom. The van der Waals surface area contributed by atoms with Crippen molar-refractivity contribution in [2.24, 2.45) is 5.92 Å². The zero-order valence-corrected chi connectivity index (χ0v) is 24.5. The molecule has 0 bridgehead atoms. The van der Waals surface area contributed by atoms with Gasteiger partial charge in [0.15, 0.2) is 5.65 Å². The van der Waals surface area contributed by atoms with Gasteiger partial charge < -0.3 is 14.6 Å². The van der Waals surface area contributed by atoms with Gasteiger partial charge in [-0.1, -0.05) is 33.5 Å². The first kappa shape index (κ1) is 27.7. The molecule has 9 nitrogen and oxygen atoms in total. The molecule has 0 radical (unpaired) electrons. The van der Waals surface area contributed by atoms with E-state index in [1.54, 1.807) is 16.7 Å². The Balaban J connectivity index is 1.43. The smallest absolute Gasteiger partial charge is 0.214 e. The second-order valence-electron chi connectivity index (χ2n) is 11.5. The van der Waals surface area contributed by atoms with Gasteiger partial charge in [0.25, 0.3) is 0 Å². The zero-order valence-electron chi connectivity index (χ0n) is 22.6. The number of fused-ring (bicyclic) bond motifs is 1. The van der Waals surface area contributed by atoms with Gasteiger partial charge in [-0.3, -0.25) is 0 Å². The second kappa shape index (κ2) is 11.6. The first-order valence-corrected chi connectivity index (χ1v) is 18.4. The first-order chi connectivity index (χ1) is 17.5. The predicted molar refractivity (Wildman–Crippen MR) is 152 cm³/mol. The van der Waals surface area contributed by atoms with Gasteiger partial charge in [-0.15, -0.1) is 0 Å². The van der Waals surface area contributed by atoms with Gasteiger partial charge in [0.1, 0.15) is 18.1 Å². The molecule has 1 N–H and O–H groups in total. The average Bonchev–Trinajstić information content (AvgIpc) is 3.48. The van der Waals surface area contributed by atoms with E-state index in [-0.39, 0.29) is 11.8 Å². The molecule has 1 atom stereocenters. The maximum atomic E-state index is 12.7. The summed E-state index contributed by atoms with van der Waals surface area (Å²) in [5.41, 5.74) is 3.15. The zero-order chi connectivity index (χ0) is 26.6. The number of ether oxygens (including phenoxy) is 1. The van der Waals surface area contributed by atoms with E-state index in [9.17, 15) is 8.42 Å². The molecule has 3 aromatic heterocycles. The van der Waals surface area contributed by atoms with Gasteiger partial charge in [-0.05, 0) is 43.0 Å². The fourth-order valence-electron chi connectivity index (χ4n) is 4.27. The molecule has 0 amide bonds. The van der Waals surface area contributed by atoms with Crippen LogP contribution in [-0.4, -0.2) is 71.8 Å². The van der Waals surface area contributed by atoms with Crippen molar-refractivity contribution in [3.05, 3.63) is 36.8 Å². The molecular formula is C26H40N6O3SSi. The number of hydrogen-bond donors (Lipinski definition) is 1. The fraction of sp³-hybridized carbons (Fsp3) is 0.577. The van der Waals surface area contributed by atoms with Crippen LogP contribution in [0.25, 0.3) is 22.4 Å². The van der Waals surface area contributed by atoms with Crippen LogP contribution in [0, 0.1) is 5.92 Å². The molecule has 37 heavy (non-hydrogen) atoms. The lowest BCUT2D eigenvalue weighted by atomic mass is 10.1. The normalized spacial score (nSPS) is 17.2. The summed E-state index contributed by atoms with van der Waals surface area (Å²) in [4.78, 5) is 14.1. The van der Waals surface area contributed by atoms with Crippen LogP contribution in [0.2, 0.25) is 25.7 Å². The fourth-order valence-corrected chi connectivity index (χ4v) is 6.84. The van der Waals surface area contributed by atoms with Crippen LogP contribution in [-0.2, 0) is 21.5 Å². The average molecular weight is 545 g/mol. The summed E-state index contributed by atoms with van der Waals surface area (Å²) < 4.78 is 34.9. The Kier molecular flexibility index (Phi) is 8.67. The minimum Gasteiger partial charge on any atom is -0.365 e. The molecule has 4 heterocycles. The number of rotatable bonds is 12. The summed E-state index contributed by atoms with van der Waals surface area (Å²) in [5, 5.41) is 3.47. The molecule has 0 aliphatic carbocycles. The number of nitrogens with zero attached hydrogens (tertiary/aromatic N) is 5. The molecule has 4 rings (SSSR count). The van der Waals surface area contributed by atoms with Crippen molar-refractivity contribution in [3.8, 4) is 11.3 Å². The largest absolute Gasteiger partial charge is 0.365 e. The summed E-state index contributed by atoms with van der Waals surface area (Å²) in [5.74, 6) is 1.25. The lowest BCUT2D eigenvalue weighted by Gasteiger charge is -2.19. The number of sulfonamides is 1. The van der Waals surface area contributed by atoms with Crippen LogP contribution >= 0.6 is 0 Å². The molecular weight excluding hydrogens is 504 g/mol. The maximum Gasteiger partial charge on any atom is 0.214 e. The van der Waals surface area contributed by atoms with Crippen molar-refractivity contribution in [3.63, 3.8) is 0 Å². The third kappa shape index (κ3) is 7.37. The molecule has 1 saturated heterocycles. The van der Waals surface area contributed by atoms with E-state index in [4.69, 9.17) is 9.72 Å². The van der Waals surface area contributed by atoms with Crippen molar-refractivity contribution in [2.45, 2.75) is 65.1 Å². The van der Waals surface area contributed by atoms with E-state index in [1.165, 1.54) is 0 Å². The first-order valence-electron chi connectivity index (χ1n) is 13.1. The van der Waals surface area contributed by atoms with Gasteiger partial charge in [-0.25, -0.2) is 23.4 Å². The minimum atomic E-state index is -3.24. The van der Waals surface area contributed by atoms with Gasteiger partial charge in [0.2, 0.25) is 10.0 Å². The highest BCUT2D eigenvalue weighted by molar-refractivity contribution is 7.89. The third-order valence-corrected chi connectivity index (χ3v) is 10.2. The van der Waals surface area contributed by atoms with Crippen LogP contribution < -0.4 is 5.32 Å². The van der Waals surface area contributed by atoms with E-state index in [0.29, 0.717) is 38.0 Å². The Morgan fingerprint density at radius 3 is 2.78 bits per heavy atom. The van der Waals surface area contributed by atoms with Gasteiger partial charge in [0.05, 0.1) is 17.6 Å². The molecule has 1 fully saturated rings. The molecule has 0 spiro atoms. The molecule has 0 saturated carbocycles. The molecule has 1 aliphatic rings. The molecule has 3 aromatic rings. The van der Waals surface area contributed by atoms with Gasteiger partial charge >= 0.3 is 0 Å². The van der Waals surface area contributed by atoms with Gasteiger partial charge in [-0.2, -0.15) is 4.31 Å². The lowest BCUT2D eigenvalue weighted by molar-refractivity contribution is 0.0899. The summed E-state index contributed by atoms with van der Waals surface area (Å²) in [7, 11) is -4.37. The number of hydrogen-bond acceptors (Lipinski definition) is 7. The maximum absolute atomic E-state index is 12.7. The van der Waals surface area contributed by atoms with Crippen molar-refractivity contribution in [1.29, 1.82) is 0 Å². The minimum absolute atomic E-state index is 0.00597. The topological polar surface area (TPSA) is 102 Å². The van der Waals surface area contributed by atoms with Crippen molar-refractivity contribution >= 4 is 35.1 Å². The molecule has 1 unspecified atom stereocenters. The van der Waals surface area contributed by atoms with Crippen LogP contribution in [0.15, 0.2) is 36.8 Å². The standard InChI is InChI=1S/C26H40N6O3SSi/c1-20(2)10-15-36(33,34)32-13-8-21(18-32)29-25-22(7-6-11-27-25)24-17-28-26-23(30-24)9-12-31(26)19-35-14-16-37(3,4)5/h6-7,9,11-12,17,20-21H,8,10,13-16,18-19H2,1-5H3,(H,27,29). The number of anilines is 1.